The Balaban J connectivity index is 0.000000605. The van der Waals surface area contributed by atoms with E-state index in [1.165, 1.54) is 5.56 Å². The van der Waals surface area contributed by atoms with Crippen molar-refractivity contribution in [3.05, 3.63) is 35.9 Å². The van der Waals surface area contributed by atoms with E-state index in [4.69, 9.17) is 4.74 Å². The summed E-state index contributed by atoms with van der Waals surface area (Å²) in [6.07, 6.45) is 4.10. The molecule has 0 saturated heterocycles. The Morgan fingerprint density at radius 3 is 2.82 bits per heavy atom. The van der Waals surface area contributed by atoms with Crippen LogP contribution in [0.4, 0.5) is 0 Å². The van der Waals surface area contributed by atoms with E-state index in [1.54, 1.807) is 0 Å². The van der Waals surface area contributed by atoms with Crippen LogP contribution in [0.25, 0.3) is 6.08 Å². The fraction of sp³-hybridized carbons (Fsp3) is 0.111. The molecule has 0 saturated carbocycles. The number of rotatable bonds is 0. The maximum absolute atomic E-state index is 5.34. The molecule has 1 heterocycles. The average Bonchev–Trinajstić information content (AvgIpc) is 2.05. The summed E-state index contributed by atoms with van der Waals surface area (Å²) in [4.78, 5) is 0. The molecule has 1 aromatic carbocycles. The molecule has 0 fully saturated rings. The van der Waals surface area contributed by atoms with Crippen molar-refractivity contribution in [3.63, 3.8) is 0 Å². The van der Waals surface area contributed by atoms with Crippen molar-refractivity contribution in [1.29, 1.82) is 0 Å². The van der Waals surface area contributed by atoms with Crippen LogP contribution >= 0.6 is 0 Å². The molecular formula is C9H8OSn. The number of hydrogen-bond donors (Lipinski definition) is 0. The molecule has 2 heteroatoms. The second-order valence-corrected chi connectivity index (χ2v) is 2.25. The molecule has 0 N–H and O–H groups in total. The van der Waals surface area contributed by atoms with E-state index in [-0.39, 0.29) is 23.9 Å². The molecule has 0 spiro atoms. The van der Waals surface area contributed by atoms with Gasteiger partial charge in [-0.25, -0.2) is 0 Å². The van der Waals surface area contributed by atoms with Crippen LogP contribution < -0.4 is 4.74 Å². The van der Waals surface area contributed by atoms with Crippen molar-refractivity contribution >= 4 is 30.0 Å². The second-order valence-electron chi connectivity index (χ2n) is 2.25. The minimum atomic E-state index is 0. The van der Waals surface area contributed by atoms with Gasteiger partial charge >= 0.3 is 0 Å². The zero-order valence-electron chi connectivity index (χ0n) is 6.08. The molecule has 0 aromatic heterocycles. The summed E-state index contributed by atoms with van der Waals surface area (Å²) in [7, 11) is 0. The van der Waals surface area contributed by atoms with Gasteiger partial charge in [0.2, 0.25) is 0 Å². The number of para-hydroxylation sites is 1. The molecule has 1 aliphatic heterocycles. The predicted octanol–water partition coefficient (Wildman–Crippen LogP) is 1.71. The maximum Gasteiger partial charge on any atom is 0.126 e. The molecule has 2 rings (SSSR count). The fourth-order valence-electron chi connectivity index (χ4n) is 1.06. The van der Waals surface area contributed by atoms with Crippen LogP contribution in [0.2, 0.25) is 0 Å². The summed E-state index contributed by atoms with van der Waals surface area (Å²) in [5.41, 5.74) is 1.17. The van der Waals surface area contributed by atoms with E-state index in [9.17, 15) is 0 Å². The first-order chi connectivity index (χ1) is 4.97. The van der Waals surface area contributed by atoms with E-state index in [2.05, 4.69) is 6.08 Å². The minimum Gasteiger partial charge on any atom is -0.489 e. The van der Waals surface area contributed by atoms with Crippen molar-refractivity contribution in [2.75, 3.05) is 6.61 Å². The largest absolute Gasteiger partial charge is 0.489 e. The molecule has 54 valence electrons. The zero-order valence-corrected chi connectivity index (χ0v) is 8.93. The van der Waals surface area contributed by atoms with Crippen LogP contribution in [0, 0.1) is 0 Å². The molecule has 4 radical (unpaired) electrons. The van der Waals surface area contributed by atoms with Gasteiger partial charge in [-0.15, -0.1) is 0 Å². The smallest absolute Gasteiger partial charge is 0.126 e. The Morgan fingerprint density at radius 1 is 1.18 bits per heavy atom. The molecule has 0 amide bonds. The van der Waals surface area contributed by atoms with Gasteiger partial charge in [-0.05, 0) is 12.1 Å². The van der Waals surface area contributed by atoms with Gasteiger partial charge in [0.25, 0.3) is 0 Å². The van der Waals surface area contributed by atoms with Crippen molar-refractivity contribution in [2.45, 2.75) is 0 Å². The normalized spacial score (nSPS) is 12.7. The Labute approximate surface area is 83.0 Å². The molecule has 0 unspecified atom stereocenters. The van der Waals surface area contributed by atoms with Gasteiger partial charge < -0.3 is 4.74 Å². The summed E-state index contributed by atoms with van der Waals surface area (Å²) >= 11 is 0. The van der Waals surface area contributed by atoms with E-state index >= 15 is 0 Å². The first-order valence-corrected chi connectivity index (χ1v) is 3.35. The van der Waals surface area contributed by atoms with Crippen LogP contribution in [0.15, 0.2) is 30.3 Å². The average molecular weight is 251 g/mol. The standard InChI is InChI=1S/C9H8O.Sn/c1-2-6-9-8(4-1)5-3-7-10-9;/h1-6H,7H2;. The summed E-state index contributed by atoms with van der Waals surface area (Å²) in [6, 6.07) is 8.03. The first-order valence-electron chi connectivity index (χ1n) is 3.35. The molecule has 1 nitrogen and oxygen atoms in total. The maximum atomic E-state index is 5.34. The van der Waals surface area contributed by atoms with E-state index in [0.29, 0.717) is 6.61 Å². The van der Waals surface area contributed by atoms with Crippen molar-refractivity contribution in [3.8, 4) is 5.75 Å². The van der Waals surface area contributed by atoms with Gasteiger partial charge in [-0.3, -0.25) is 0 Å². The van der Waals surface area contributed by atoms with Crippen molar-refractivity contribution in [2.24, 2.45) is 0 Å². The second kappa shape index (κ2) is 3.81. The SMILES string of the molecule is C1=Cc2ccccc2OC1.[Sn]. The van der Waals surface area contributed by atoms with Crippen molar-refractivity contribution in [1.82, 2.24) is 0 Å². The van der Waals surface area contributed by atoms with Crippen LogP contribution in [0.3, 0.4) is 0 Å². The molecule has 0 aliphatic carbocycles. The predicted molar refractivity (Wildman–Crippen MR) is 46.7 cm³/mol. The van der Waals surface area contributed by atoms with Gasteiger partial charge in [0.05, 0.1) is 0 Å². The molecule has 11 heavy (non-hydrogen) atoms. The number of fused-ring (bicyclic) bond motifs is 1. The quantitative estimate of drug-likeness (QED) is 0.637. The Hall–Kier alpha value is -0.441. The third-order valence-corrected chi connectivity index (χ3v) is 1.55. The fourth-order valence-corrected chi connectivity index (χ4v) is 1.06. The zero-order chi connectivity index (χ0) is 6.81. The van der Waals surface area contributed by atoms with Gasteiger partial charge in [-0.2, -0.15) is 0 Å². The Morgan fingerprint density at radius 2 is 2.00 bits per heavy atom. The molecule has 1 aliphatic rings. The Kier molecular flexibility index (Phi) is 3.00. The van der Waals surface area contributed by atoms with Crippen molar-refractivity contribution < 1.29 is 4.74 Å². The molecule has 1 aromatic rings. The van der Waals surface area contributed by atoms with Crippen LogP contribution in [-0.4, -0.2) is 30.5 Å². The summed E-state index contributed by atoms with van der Waals surface area (Å²) < 4.78 is 5.34. The van der Waals surface area contributed by atoms with Gasteiger partial charge in [-0.1, -0.05) is 24.3 Å². The topological polar surface area (TPSA) is 9.23 Å². The molecule has 0 atom stereocenters. The summed E-state index contributed by atoms with van der Waals surface area (Å²) in [5, 5.41) is 0. The van der Waals surface area contributed by atoms with Crippen LogP contribution in [0.5, 0.6) is 5.75 Å². The summed E-state index contributed by atoms with van der Waals surface area (Å²) in [5.74, 6) is 0.991. The Bertz CT molecular complexity index is 268. The number of benzene rings is 1. The summed E-state index contributed by atoms with van der Waals surface area (Å²) in [6.45, 7) is 0.705. The molecule has 0 bridgehead atoms. The minimum absolute atomic E-state index is 0. The van der Waals surface area contributed by atoms with Crippen LogP contribution in [0.1, 0.15) is 5.56 Å². The monoisotopic (exact) mass is 252 g/mol. The van der Waals surface area contributed by atoms with E-state index < -0.39 is 0 Å². The third kappa shape index (κ3) is 1.77. The van der Waals surface area contributed by atoms with Gasteiger partial charge in [0, 0.05) is 29.5 Å². The first kappa shape index (κ1) is 8.65. The van der Waals surface area contributed by atoms with E-state index in [1.807, 2.05) is 30.3 Å². The number of hydrogen-bond acceptors (Lipinski definition) is 1. The van der Waals surface area contributed by atoms with E-state index in [0.717, 1.165) is 5.75 Å². The van der Waals surface area contributed by atoms with Crippen LogP contribution in [-0.2, 0) is 0 Å². The van der Waals surface area contributed by atoms with Gasteiger partial charge in [0.15, 0.2) is 0 Å². The molecular weight excluding hydrogens is 243 g/mol. The van der Waals surface area contributed by atoms with Gasteiger partial charge in [0.1, 0.15) is 12.4 Å². The third-order valence-electron chi connectivity index (χ3n) is 1.55. The number of ether oxygens (including phenoxy) is 1.